The number of carbonyl (C=O) groups excluding carboxylic acids is 3. The van der Waals surface area contributed by atoms with Gasteiger partial charge >= 0.3 is 31.1 Å². The van der Waals surface area contributed by atoms with E-state index in [1.807, 2.05) is 0 Å². The van der Waals surface area contributed by atoms with Gasteiger partial charge in [0.1, 0.15) is 0 Å². The molecule has 1 heterocycles. The van der Waals surface area contributed by atoms with Gasteiger partial charge < -0.3 is 10.1 Å². The second kappa shape index (κ2) is 6.72. The monoisotopic (exact) mass is 468 g/mol. The Morgan fingerprint density at radius 3 is 2.78 bits per heavy atom. The van der Waals surface area contributed by atoms with Crippen LogP contribution in [-0.4, -0.2) is 23.8 Å². The predicted molar refractivity (Wildman–Crippen MR) is 59.1 cm³/mol. The number of rotatable bonds is 2. The number of hydrogen-bond acceptors (Lipinski definition) is 3. The number of carbonyl (C=O) groups is 3. The minimum Gasteiger partial charge on any atom is -0.684 e. The first kappa shape index (κ1) is 14.9. The van der Waals surface area contributed by atoms with Gasteiger partial charge in [0.25, 0.3) is 0 Å². The maximum Gasteiger partial charge on any atom is 2.00 e. The van der Waals surface area contributed by atoms with Crippen molar-refractivity contribution >= 4 is 17.7 Å². The Kier molecular flexibility index (Phi) is 5.58. The van der Waals surface area contributed by atoms with Crippen LogP contribution in [0.15, 0.2) is 24.3 Å². The third-order valence-corrected chi connectivity index (χ3v) is 2.42. The summed E-state index contributed by atoms with van der Waals surface area (Å²) < 4.78 is 0. The Morgan fingerprint density at radius 1 is 1.39 bits per heavy atom. The number of nitrogens with zero attached hydrogens (tertiary/aromatic N) is 1. The molecule has 90 valence electrons. The molecule has 1 aromatic carbocycles. The van der Waals surface area contributed by atoms with Crippen LogP contribution in [0.5, 0.6) is 0 Å². The summed E-state index contributed by atoms with van der Waals surface area (Å²) >= 11 is 0. The fourth-order valence-corrected chi connectivity index (χ4v) is 1.54. The van der Waals surface area contributed by atoms with E-state index in [0.29, 0.717) is 5.56 Å². The number of nitrogens with one attached hydrogen (secondary N) is 1. The summed E-state index contributed by atoms with van der Waals surface area (Å²) in [6.07, 6.45) is 0.495. The average Bonchev–Trinajstić information content (AvgIpc) is 2.34. The molecule has 1 atom stereocenters. The van der Waals surface area contributed by atoms with E-state index in [1.54, 1.807) is 24.3 Å². The number of hydrogen-bond donors (Lipinski definition) is 1. The summed E-state index contributed by atoms with van der Waals surface area (Å²) in [4.78, 5) is 34.0. The molecule has 0 spiro atoms. The van der Waals surface area contributed by atoms with Crippen molar-refractivity contribution < 1.29 is 45.5 Å². The molecule has 0 saturated carbocycles. The van der Waals surface area contributed by atoms with Gasteiger partial charge in [-0.25, -0.2) is 0 Å². The van der Waals surface area contributed by atoms with Gasteiger partial charge in [-0.15, -0.1) is 35.9 Å². The van der Waals surface area contributed by atoms with Crippen LogP contribution in [0.25, 0.3) is 5.32 Å². The Balaban J connectivity index is 0.00000162. The van der Waals surface area contributed by atoms with E-state index in [2.05, 4.69) is 16.7 Å². The molecule has 5 nitrogen and oxygen atoms in total. The molecule has 1 saturated heterocycles. The summed E-state index contributed by atoms with van der Waals surface area (Å²) in [5, 5.41) is 5.94. The van der Waals surface area contributed by atoms with Crippen LogP contribution in [0.4, 0.5) is 0 Å². The van der Waals surface area contributed by atoms with E-state index in [-0.39, 0.29) is 49.9 Å². The second-order valence-electron chi connectivity index (χ2n) is 3.68. The first-order valence-corrected chi connectivity index (χ1v) is 5.22. The standard InChI is InChI=1S/C12H11N2O3.U/c15-10-7-6-9(12(17)14-10)13-11(16)8-4-2-1-3-5-8;/h1-4,9H,6-7H2,(H2,13,14,15,16,17);/q-1;+2/p-1. The van der Waals surface area contributed by atoms with Gasteiger partial charge in [-0.05, 0) is 18.4 Å². The molecule has 0 aliphatic carbocycles. The van der Waals surface area contributed by atoms with Crippen molar-refractivity contribution in [1.82, 2.24) is 5.32 Å². The molecule has 0 bridgehead atoms. The zero-order valence-corrected chi connectivity index (χ0v) is 13.6. The number of imide groups is 1. The third kappa shape index (κ3) is 3.69. The Labute approximate surface area is 128 Å². The molecule has 1 aliphatic rings. The topological polar surface area (TPSA) is 77.3 Å². The molecular weight excluding hydrogens is 458 g/mol. The fraction of sp³-hybridized carbons (Fsp3) is 0.250. The molecule has 2 rings (SSSR count). The SMILES string of the molecule is O=C1CCC([N-]C(=O)c2[c-]cccc2)C(=O)N1.[U+2]. The normalized spacial score (nSPS) is 18.6. The van der Waals surface area contributed by atoms with Gasteiger partial charge in [0, 0.05) is 6.42 Å². The average molecular weight is 468 g/mol. The van der Waals surface area contributed by atoms with Crippen LogP contribution in [0.1, 0.15) is 23.2 Å². The Hall–Kier alpha value is -1.12. The smallest absolute Gasteiger partial charge is 0.684 e. The van der Waals surface area contributed by atoms with Crippen molar-refractivity contribution in [1.29, 1.82) is 0 Å². The first-order chi connectivity index (χ1) is 8.16. The molecule has 1 aromatic rings. The van der Waals surface area contributed by atoms with E-state index < -0.39 is 17.9 Å². The van der Waals surface area contributed by atoms with Crippen LogP contribution >= 0.6 is 0 Å². The van der Waals surface area contributed by atoms with Gasteiger partial charge in [-0.3, -0.25) is 14.9 Å². The molecule has 6 heteroatoms. The largest absolute Gasteiger partial charge is 2.00 e. The summed E-state index contributed by atoms with van der Waals surface area (Å²) in [5.41, 5.74) is 0.317. The maximum atomic E-state index is 11.7. The number of benzene rings is 1. The van der Waals surface area contributed by atoms with E-state index in [4.69, 9.17) is 0 Å². The minimum atomic E-state index is -0.770. The third-order valence-electron chi connectivity index (χ3n) is 2.42. The summed E-state index contributed by atoms with van der Waals surface area (Å²) in [5.74, 6) is -1.31. The van der Waals surface area contributed by atoms with E-state index in [9.17, 15) is 14.4 Å². The molecule has 1 unspecified atom stereocenters. The van der Waals surface area contributed by atoms with E-state index in [1.165, 1.54) is 0 Å². The van der Waals surface area contributed by atoms with Crippen molar-refractivity contribution in [3.63, 3.8) is 0 Å². The summed E-state index contributed by atoms with van der Waals surface area (Å²) in [6, 6.07) is 8.59. The molecular formula is C12H10N2O3U. The molecule has 18 heavy (non-hydrogen) atoms. The van der Waals surface area contributed by atoms with Crippen molar-refractivity contribution in [2.24, 2.45) is 0 Å². The number of piperidine rings is 1. The summed E-state index contributed by atoms with van der Waals surface area (Å²) in [6.45, 7) is 0. The van der Waals surface area contributed by atoms with Crippen LogP contribution < -0.4 is 5.32 Å². The molecule has 1 fully saturated rings. The van der Waals surface area contributed by atoms with E-state index in [0.717, 1.165) is 0 Å². The van der Waals surface area contributed by atoms with Crippen LogP contribution in [-0.2, 0) is 9.59 Å². The maximum absolute atomic E-state index is 11.7. The van der Waals surface area contributed by atoms with Crippen molar-refractivity contribution in [2.75, 3.05) is 0 Å². The van der Waals surface area contributed by atoms with E-state index >= 15 is 0 Å². The predicted octanol–water partition coefficient (Wildman–Crippen LogP) is 0.806. The van der Waals surface area contributed by atoms with Crippen molar-refractivity contribution in [3.05, 3.63) is 41.2 Å². The molecule has 0 aromatic heterocycles. The quantitative estimate of drug-likeness (QED) is 0.516. The van der Waals surface area contributed by atoms with Gasteiger partial charge in [-0.2, -0.15) is 0 Å². The summed E-state index contributed by atoms with van der Waals surface area (Å²) in [7, 11) is 0. The zero-order chi connectivity index (χ0) is 12.3. The fourth-order valence-electron chi connectivity index (χ4n) is 1.54. The van der Waals surface area contributed by atoms with Crippen molar-refractivity contribution in [2.45, 2.75) is 18.9 Å². The van der Waals surface area contributed by atoms with Crippen LogP contribution in [0, 0.1) is 37.2 Å². The molecule has 3 amide bonds. The van der Waals surface area contributed by atoms with Gasteiger partial charge in [-0.1, -0.05) is 0 Å². The molecule has 1 N–H and O–H groups in total. The van der Waals surface area contributed by atoms with Gasteiger partial charge in [0.05, 0.1) is 0 Å². The molecule has 1 aliphatic heterocycles. The Bertz CT molecular complexity index is 462. The number of amides is 3. The Morgan fingerprint density at radius 2 is 2.17 bits per heavy atom. The minimum absolute atomic E-state index is 0. The van der Waals surface area contributed by atoms with Gasteiger partial charge in [0.15, 0.2) is 0 Å². The molecule has 0 radical (unpaired) electrons. The first-order valence-electron chi connectivity index (χ1n) is 5.22. The zero-order valence-electron chi connectivity index (χ0n) is 9.47. The van der Waals surface area contributed by atoms with Crippen LogP contribution in [0.2, 0.25) is 0 Å². The second-order valence-corrected chi connectivity index (χ2v) is 3.68. The van der Waals surface area contributed by atoms with Crippen molar-refractivity contribution in [3.8, 4) is 0 Å². The van der Waals surface area contributed by atoms with Gasteiger partial charge in [0.2, 0.25) is 11.8 Å². The van der Waals surface area contributed by atoms with Crippen LogP contribution in [0.3, 0.4) is 0 Å².